The van der Waals surface area contributed by atoms with Gasteiger partial charge in [-0.2, -0.15) is 0 Å². The van der Waals surface area contributed by atoms with E-state index in [0.717, 1.165) is 12.8 Å². The number of ether oxygens (including phenoxy) is 1. The van der Waals surface area contributed by atoms with Crippen LogP contribution in [0.1, 0.15) is 51.4 Å². The zero-order chi connectivity index (χ0) is 13.8. The molecule has 4 nitrogen and oxygen atoms in total. The van der Waals surface area contributed by atoms with Crippen molar-refractivity contribution in [1.29, 1.82) is 0 Å². The second kappa shape index (κ2) is 6.48. The molecule has 0 spiro atoms. The van der Waals surface area contributed by atoms with Crippen molar-refractivity contribution in [2.75, 3.05) is 5.32 Å². The summed E-state index contributed by atoms with van der Waals surface area (Å²) in [5.74, 6) is 0.0938. The smallest absolute Gasteiger partial charge is 0.223 e. The molecule has 110 valence electrons. The summed E-state index contributed by atoms with van der Waals surface area (Å²) in [6, 6.07) is 0.245. The van der Waals surface area contributed by atoms with Gasteiger partial charge < -0.3 is 10.1 Å². The van der Waals surface area contributed by atoms with E-state index in [0.29, 0.717) is 12.1 Å². The van der Waals surface area contributed by atoms with Gasteiger partial charge in [-0.15, -0.1) is 0 Å². The Morgan fingerprint density at radius 2 is 1.65 bits per heavy atom. The van der Waals surface area contributed by atoms with Crippen LogP contribution in [0, 0.1) is 5.82 Å². The van der Waals surface area contributed by atoms with Gasteiger partial charge in [0.05, 0.1) is 30.6 Å². The molecule has 2 aliphatic rings. The number of rotatable bonds is 4. The second-order valence-corrected chi connectivity index (χ2v) is 5.84. The predicted molar refractivity (Wildman–Crippen MR) is 75.0 cm³/mol. The summed E-state index contributed by atoms with van der Waals surface area (Å²) in [5.41, 5.74) is 0. The van der Waals surface area contributed by atoms with Crippen LogP contribution in [0.15, 0.2) is 12.4 Å². The van der Waals surface area contributed by atoms with Crippen LogP contribution < -0.4 is 5.32 Å². The van der Waals surface area contributed by atoms with E-state index in [1.54, 1.807) is 0 Å². The van der Waals surface area contributed by atoms with Gasteiger partial charge in [0.2, 0.25) is 5.95 Å². The number of nitrogens with zero attached hydrogens (tertiary/aromatic N) is 2. The standard InChI is InChI=1S/C15H22FN3O/c16-11-9-17-15(18-10-11)19-13-7-3-4-8-14(13)20-12-5-1-2-6-12/h9-10,12-14H,1-8H2,(H,17,18,19)/t13-,14-/m1/s1. The first-order valence-electron chi connectivity index (χ1n) is 7.71. The molecule has 3 rings (SSSR count). The van der Waals surface area contributed by atoms with Crippen molar-refractivity contribution in [2.24, 2.45) is 0 Å². The molecule has 1 aromatic heterocycles. The highest BCUT2D eigenvalue weighted by molar-refractivity contribution is 5.25. The lowest BCUT2D eigenvalue weighted by Gasteiger charge is -2.34. The number of aromatic nitrogens is 2. The largest absolute Gasteiger partial charge is 0.373 e. The van der Waals surface area contributed by atoms with Crippen molar-refractivity contribution >= 4 is 5.95 Å². The van der Waals surface area contributed by atoms with Crippen LogP contribution in [0.25, 0.3) is 0 Å². The summed E-state index contributed by atoms with van der Waals surface area (Å²) >= 11 is 0. The zero-order valence-electron chi connectivity index (χ0n) is 11.7. The molecule has 2 aliphatic carbocycles. The molecule has 0 aromatic carbocycles. The zero-order valence-corrected chi connectivity index (χ0v) is 11.7. The Balaban J connectivity index is 1.60. The highest BCUT2D eigenvalue weighted by Crippen LogP contribution is 2.29. The molecule has 0 radical (unpaired) electrons. The van der Waals surface area contributed by atoms with Crippen molar-refractivity contribution < 1.29 is 9.13 Å². The van der Waals surface area contributed by atoms with Gasteiger partial charge in [-0.1, -0.05) is 25.7 Å². The van der Waals surface area contributed by atoms with E-state index < -0.39 is 5.82 Å². The first-order valence-corrected chi connectivity index (χ1v) is 7.71. The number of anilines is 1. The highest BCUT2D eigenvalue weighted by atomic mass is 19.1. The molecular formula is C15H22FN3O. The van der Waals surface area contributed by atoms with Crippen molar-refractivity contribution in [3.63, 3.8) is 0 Å². The molecule has 20 heavy (non-hydrogen) atoms. The van der Waals surface area contributed by atoms with Gasteiger partial charge >= 0.3 is 0 Å². The third-order valence-corrected chi connectivity index (χ3v) is 4.31. The van der Waals surface area contributed by atoms with Gasteiger partial charge in [0.25, 0.3) is 0 Å². The van der Waals surface area contributed by atoms with Gasteiger partial charge in [0, 0.05) is 0 Å². The topological polar surface area (TPSA) is 47.0 Å². The molecule has 0 unspecified atom stereocenters. The molecular weight excluding hydrogens is 257 g/mol. The monoisotopic (exact) mass is 279 g/mol. The van der Waals surface area contributed by atoms with Gasteiger partial charge in [-0.3, -0.25) is 0 Å². The summed E-state index contributed by atoms with van der Waals surface area (Å²) in [6.45, 7) is 0. The summed E-state index contributed by atoms with van der Waals surface area (Å²) in [7, 11) is 0. The number of nitrogens with one attached hydrogen (secondary N) is 1. The Labute approximate surface area is 119 Å². The molecule has 2 saturated carbocycles. The van der Waals surface area contributed by atoms with Crippen LogP contribution in [0.2, 0.25) is 0 Å². The summed E-state index contributed by atoms with van der Waals surface area (Å²) < 4.78 is 19.1. The van der Waals surface area contributed by atoms with E-state index in [2.05, 4.69) is 15.3 Å². The average molecular weight is 279 g/mol. The van der Waals surface area contributed by atoms with Crippen LogP contribution >= 0.6 is 0 Å². The second-order valence-electron chi connectivity index (χ2n) is 5.84. The summed E-state index contributed by atoms with van der Waals surface area (Å²) in [5, 5.41) is 3.32. The maximum Gasteiger partial charge on any atom is 0.223 e. The lowest BCUT2D eigenvalue weighted by Crippen LogP contribution is -2.40. The maximum absolute atomic E-state index is 12.8. The first-order chi connectivity index (χ1) is 9.81. The van der Waals surface area contributed by atoms with Crippen LogP contribution in [-0.4, -0.2) is 28.2 Å². The lowest BCUT2D eigenvalue weighted by atomic mass is 9.92. The van der Waals surface area contributed by atoms with Crippen LogP contribution in [0.5, 0.6) is 0 Å². The molecule has 0 aliphatic heterocycles. The van der Waals surface area contributed by atoms with Gasteiger partial charge in [-0.05, 0) is 25.7 Å². The van der Waals surface area contributed by atoms with E-state index in [-0.39, 0.29) is 12.1 Å². The number of hydrogen-bond donors (Lipinski definition) is 1. The van der Waals surface area contributed by atoms with Gasteiger partial charge in [0.1, 0.15) is 0 Å². The van der Waals surface area contributed by atoms with Crippen LogP contribution in [-0.2, 0) is 4.74 Å². The SMILES string of the molecule is Fc1cnc(N[C@@H]2CCCC[C@H]2OC2CCCC2)nc1. The van der Waals surface area contributed by atoms with E-state index in [1.807, 2.05) is 0 Å². The van der Waals surface area contributed by atoms with Crippen LogP contribution in [0.4, 0.5) is 10.3 Å². The van der Waals surface area contributed by atoms with E-state index >= 15 is 0 Å². The lowest BCUT2D eigenvalue weighted by molar-refractivity contribution is -0.0322. The Hall–Kier alpha value is -1.23. The fraction of sp³-hybridized carbons (Fsp3) is 0.733. The number of halogens is 1. The Morgan fingerprint density at radius 1 is 1.00 bits per heavy atom. The quantitative estimate of drug-likeness (QED) is 0.918. The van der Waals surface area contributed by atoms with E-state index in [1.165, 1.54) is 50.9 Å². The Bertz CT molecular complexity index is 420. The van der Waals surface area contributed by atoms with Crippen molar-refractivity contribution in [2.45, 2.75) is 69.6 Å². The molecule has 0 saturated heterocycles. The van der Waals surface area contributed by atoms with E-state index in [4.69, 9.17) is 4.74 Å². The molecule has 0 amide bonds. The highest BCUT2D eigenvalue weighted by Gasteiger charge is 2.29. The van der Waals surface area contributed by atoms with Crippen molar-refractivity contribution in [3.8, 4) is 0 Å². The molecule has 1 N–H and O–H groups in total. The average Bonchev–Trinajstić information content (AvgIpc) is 2.96. The van der Waals surface area contributed by atoms with Crippen molar-refractivity contribution in [1.82, 2.24) is 9.97 Å². The Morgan fingerprint density at radius 3 is 2.40 bits per heavy atom. The fourth-order valence-electron chi connectivity index (χ4n) is 3.25. The van der Waals surface area contributed by atoms with Gasteiger partial charge in [-0.25, -0.2) is 14.4 Å². The van der Waals surface area contributed by atoms with Crippen LogP contribution in [0.3, 0.4) is 0 Å². The van der Waals surface area contributed by atoms with Gasteiger partial charge in [0.15, 0.2) is 5.82 Å². The third-order valence-electron chi connectivity index (χ3n) is 4.31. The molecule has 5 heteroatoms. The molecule has 2 atom stereocenters. The summed E-state index contributed by atoms with van der Waals surface area (Å²) in [6.07, 6.45) is 12.6. The number of hydrogen-bond acceptors (Lipinski definition) is 4. The molecule has 2 fully saturated rings. The van der Waals surface area contributed by atoms with Crippen molar-refractivity contribution in [3.05, 3.63) is 18.2 Å². The minimum atomic E-state index is -0.405. The predicted octanol–water partition coefficient (Wildman–Crippen LogP) is 3.30. The normalized spacial score (nSPS) is 27.6. The third kappa shape index (κ3) is 3.45. The fourth-order valence-corrected chi connectivity index (χ4v) is 3.25. The molecule has 1 aromatic rings. The molecule has 0 bridgehead atoms. The Kier molecular flexibility index (Phi) is 4.45. The molecule has 1 heterocycles. The first kappa shape index (κ1) is 13.7. The summed E-state index contributed by atoms with van der Waals surface area (Å²) in [4.78, 5) is 7.97. The minimum Gasteiger partial charge on any atom is -0.373 e. The van der Waals surface area contributed by atoms with E-state index in [9.17, 15) is 4.39 Å². The maximum atomic E-state index is 12.8. The minimum absolute atomic E-state index is 0.237.